The molecule has 0 radical (unpaired) electrons. The van der Waals surface area contributed by atoms with Crippen LogP contribution in [0.3, 0.4) is 0 Å². The van der Waals surface area contributed by atoms with Gasteiger partial charge >= 0.3 is 0 Å². The Kier molecular flexibility index (Phi) is 5.07. The van der Waals surface area contributed by atoms with Crippen LogP contribution in [0, 0.1) is 0 Å². The van der Waals surface area contributed by atoms with Crippen LogP contribution in [-0.4, -0.2) is 43.2 Å². The van der Waals surface area contributed by atoms with E-state index in [4.69, 9.17) is 13.9 Å². The highest BCUT2D eigenvalue weighted by Crippen LogP contribution is 2.35. The van der Waals surface area contributed by atoms with Crippen LogP contribution < -0.4 is 14.8 Å². The van der Waals surface area contributed by atoms with Crippen molar-refractivity contribution in [2.75, 3.05) is 20.2 Å². The van der Waals surface area contributed by atoms with Gasteiger partial charge in [-0.3, -0.25) is 4.79 Å². The molecule has 0 aliphatic carbocycles. The molecule has 1 amide bonds. The SMILES string of the molecule is COc1cc2c(cc1CNC1CCN(C(=O)c3ccco3)CC1)O[C@H](C)C2. The average molecular weight is 370 g/mol. The van der Waals surface area contributed by atoms with Gasteiger partial charge in [-0.05, 0) is 44.0 Å². The number of fused-ring (bicyclic) bond motifs is 1. The maximum Gasteiger partial charge on any atom is 0.289 e. The molecule has 0 unspecified atom stereocenters. The second-order valence-corrected chi connectivity index (χ2v) is 7.33. The standard InChI is InChI=1S/C21H26N2O4/c1-14-10-15-11-19(25-2)16(12-20(15)27-14)13-22-17-5-7-23(8-6-17)21(24)18-4-3-9-26-18/h3-4,9,11-12,14,17,22H,5-8,10,13H2,1-2H3/t14-/m1/s1. The number of carbonyl (C=O) groups excluding carboxylic acids is 1. The van der Waals surface area contributed by atoms with Crippen LogP contribution in [0.2, 0.25) is 0 Å². The molecule has 2 aliphatic heterocycles. The van der Waals surface area contributed by atoms with Gasteiger partial charge in [-0.25, -0.2) is 0 Å². The molecule has 1 aromatic heterocycles. The predicted molar refractivity (Wildman–Crippen MR) is 101 cm³/mol. The molecule has 6 nitrogen and oxygen atoms in total. The normalized spacial score (nSPS) is 19.6. The fraction of sp³-hybridized carbons (Fsp3) is 0.476. The zero-order valence-electron chi connectivity index (χ0n) is 15.9. The van der Waals surface area contributed by atoms with Gasteiger partial charge in [0.25, 0.3) is 5.91 Å². The van der Waals surface area contributed by atoms with Gasteiger partial charge in [0.1, 0.15) is 17.6 Å². The lowest BCUT2D eigenvalue weighted by Gasteiger charge is -2.32. The van der Waals surface area contributed by atoms with Crippen LogP contribution >= 0.6 is 0 Å². The van der Waals surface area contributed by atoms with E-state index >= 15 is 0 Å². The molecule has 1 saturated heterocycles. The number of piperidine rings is 1. The summed E-state index contributed by atoms with van der Waals surface area (Å²) in [4.78, 5) is 14.2. The highest BCUT2D eigenvalue weighted by Gasteiger charge is 2.26. The molecule has 0 spiro atoms. The van der Waals surface area contributed by atoms with Crippen molar-refractivity contribution in [2.24, 2.45) is 0 Å². The van der Waals surface area contributed by atoms with E-state index in [0.717, 1.165) is 56.0 Å². The number of hydrogen-bond donors (Lipinski definition) is 1. The number of likely N-dealkylation sites (tertiary alicyclic amines) is 1. The van der Waals surface area contributed by atoms with Gasteiger partial charge in [0.05, 0.1) is 13.4 Å². The minimum Gasteiger partial charge on any atom is -0.496 e. The summed E-state index contributed by atoms with van der Waals surface area (Å²) in [5.41, 5.74) is 2.33. The van der Waals surface area contributed by atoms with Crippen molar-refractivity contribution in [1.82, 2.24) is 10.2 Å². The van der Waals surface area contributed by atoms with E-state index in [9.17, 15) is 4.79 Å². The number of methoxy groups -OCH3 is 1. The highest BCUT2D eigenvalue weighted by atomic mass is 16.5. The van der Waals surface area contributed by atoms with E-state index in [2.05, 4.69) is 24.4 Å². The quantitative estimate of drug-likeness (QED) is 0.877. The number of amides is 1. The Bertz CT molecular complexity index is 795. The zero-order valence-corrected chi connectivity index (χ0v) is 15.9. The first kappa shape index (κ1) is 17.9. The molecule has 27 heavy (non-hydrogen) atoms. The molecule has 2 aliphatic rings. The monoisotopic (exact) mass is 370 g/mol. The Morgan fingerprint density at radius 2 is 2.15 bits per heavy atom. The summed E-state index contributed by atoms with van der Waals surface area (Å²) >= 11 is 0. The van der Waals surface area contributed by atoms with E-state index in [-0.39, 0.29) is 12.0 Å². The maximum absolute atomic E-state index is 12.3. The van der Waals surface area contributed by atoms with Crippen LogP contribution in [0.5, 0.6) is 11.5 Å². The first-order chi connectivity index (χ1) is 13.1. The summed E-state index contributed by atoms with van der Waals surface area (Å²) in [5, 5.41) is 3.61. The van der Waals surface area contributed by atoms with Crippen LogP contribution in [0.25, 0.3) is 0 Å². The zero-order chi connectivity index (χ0) is 18.8. The smallest absolute Gasteiger partial charge is 0.289 e. The average Bonchev–Trinajstić information content (AvgIpc) is 3.34. The molecule has 3 heterocycles. The van der Waals surface area contributed by atoms with Gasteiger partial charge in [0, 0.05) is 43.2 Å². The van der Waals surface area contributed by atoms with Crippen molar-refractivity contribution < 1.29 is 18.7 Å². The van der Waals surface area contributed by atoms with Crippen molar-refractivity contribution in [2.45, 2.75) is 44.9 Å². The van der Waals surface area contributed by atoms with Crippen molar-refractivity contribution in [3.05, 3.63) is 47.4 Å². The first-order valence-corrected chi connectivity index (χ1v) is 9.56. The van der Waals surface area contributed by atoms with Crippen molar-refractivity contribution >= 4 is 5.91 Å². The maximum atomic E-state index is 12.3. The van der Waals surface area contributed by atoms with Gasteiger partial charge in [-0.15, -0.1) is 0 Å². The second kappa shape index (κ2) is 7.64. The lowest BCUT2D eigenvalue weighted by Crippen LogP contribution is -2.44. The van der Waals surface area contributed by atoms with Crippen molar-refractivity contribution in [3.8, 4) is 11.5 Å². The van der Waals surface area contributed by atoms with Gasteiger partial charge < -0.3 is 24.1 Å². The third-order valence-electron chi connectivity index (χ3n) is 5.39. The molecular weight excluding hydrogens is 344 g/mol. The molecule has 1 atom stereocenters. The molecule has 2 aromatic rings. The number of ether oxygens (including phenoxy) is 2. The van der Waals surface area contributed by atoms with E-state index < -0.39 is 0 Å². The lowest BCUT2D eigenvalue weighted by molar-refractivity contribution is 0.0672. The summed E-state index contributed by atoms with van der Waals surface area (Å²) in [6, 6.07) is 8.04. The Balaban J connectivity index is 1.33. The first-order valence-electron chi connectivity index (χ1n) is 9.56. The number of carbonyl (C=O) groups is 1. The van der Waals surface area contributed by atoms with E-state index in [1.54, 1.807) is 19.2 Å². The fourth-order valence-electron chi connectivity index (χ4n) is 3.91. The second-order valence-electron chi connectivity index (χ2n) is 7.33. The molecule has 1 N–H and O–H groups in total. The number of nitrogens with one attached hydrogen (secondary N) is 1. The van der Waals surface area contributed by atoms with E-state index in [1.165, 1.54) is 11.8 Å². The Morgan fingerprint density at radius 1 is 1.33 bits per heavy atom. The van der Waals surface area contributed by atoms with E-state index in [1.807, 2.05) is 4.90 Å². The van der Waals surface area contributed by atoms with Gasteiger partial charge in [-0.1, -0.05) is 0 Å². The molecule has 0 saturated carbocycles. The predicted octanol–water partition coefficient (Wildman–Crippen LogP) is 3.01. The Morgan fingerprint density at radius 3 is 2.85 bits per heavy atom. The van der Waals surface area contributed by atoms with Crippen LogP contribution in [-0.2, 0) is 13.0 Å². The van der Waals surface area contributed by atoms with Crippen LogP contribution in [0.4, 0.5) is 0 Å². The Labute approximate surface area is 159 Å². The lowest BCUT2D eigenvalue weighted by atomic mass is 10.0. The molecule has 1 aromatic carbocycles. The van der Waals surface area contributed by atoms with Crippen molar-refractivity contribution in [3.63, 3.8) is 0 Å². The largest absolute Gasteiger partial charge is 0.496 e. The van der Waals surface area contributed by atoms with Crippen LogP contribution in [0.15, 0.2) is 34.9 Å². The minimum atomic E-state index is -0.0231. The summed E-state index contributed by atoms with van der Waals surface area (Å²) in [5.74, 6) is 2.27. The summed E-state index contributed by atoms with van der Waals surface area (Å²) in [6.07, 6.45) is 4.54. The molecule has 6 heteroatoms. The molecule has 144 valence electrons. The third kappa shape index (κ3) is 3.81. The van der Waals surface area contributed by atoms with Gasteiger partial charge in [0.15, 0.2) is 5.76 Å². The van der Waals surface area contributed by atoms with Crippen LogP contribution in [0.1, 0.15) is 41.4 Å². The number of nitrogens with zero attached hydrogens (tertiary/aromatic N) is 1. The van der Waals surface area contributed by atoms with E-state index in [0.29, 0.717) is 11.8 Å². The Hall–Kier alpha value is -2.47. The molecule has 1 fully saturated rings. The number of furan rings is 1. The number of hydrogen-bond acceptors (Lipinski definition) is 5. The number of rotatable bonds is 5. The number of benzene rings is 1. The van der Waals surface area contributed by atoms with Crippen molar-refractivity contribution in [1.29, 1.82) is 0 Å². The third-order valence-corrected chi connectivity index (χ3v) is 5.39. The minimum absolute atomic E-state index is 0.0231. The van der Waals surface area contributed by atoms with Gasteiger partial charge in [-0.2, -0.15) is 0 Å². The fourth-order valence-corrected chi connectivity index (χ4v) is 3.91. The summed E-state index contributed by atoms with van der Waals surface area (Å²) in [7, 11) is 1.71. The highest BCUT2D eigenvalue weighted by molar-refractivity contribution is 5.91. The molecule has 0 bridgehead atoms. The molecular formula is C21H26N2O4. The van der Waals surface area contributed by atoms with Gasteiger partial charge in [0.2, 0.25) is 0 Å². The topological polar surface area (TPSA) is 63.9 Å². The summed E-state index contributed by atoms with van der Waals surface area (Å²) < 4.78 is 16.7. The molecule has 4 rings (SSSR count). The summed E-state index contributed by atoms with van der Waals surface area (Å²) in [6.45, 7) is 4.28.